The molecule has 56 heavy (non-hydrogen) atoms. The van der Waals surface area contributed by atoms with Crippen LogP contribution in [0.1, 0.15) is 45.5 Å². The molecule has 1 aromatic heterocycles. The first-order valence-corrected chi connectivity index (χ1v) is 19.6. The number of Topliss-reactive ketones (excluding diaryl/α,β-unsaturated/α-hetero) is 1. The fourth-order valence-corrected chi connectivity index (χ4v) is 7.30. The molecule has 4 amide bonds. The first-order chi connectivity index (χ1) is 27.1. The lowest BCUT2D eigenvalue weighted by Gasteiger charge is -2.34. The van der Waals surface area contributed by atoms with Gasteiger partial charge in [-0.05, 0) is 108 Å². The number of halogens is 1. The molecule has 0 bridgehead atoms. The van der Waals surface area contributed by atoms with Gasteiger partial charge in [0, 0.05) is 66.5 Å². The van der Waals surface area contributed by atoms with Crippen LogP contribution in [0.5, 0.6) is 17.2 Å². The van der Waals surface area contributed by atoms with Gasteiger partial charge in [-0.3, -0.25) is 33.9 Å². The zero-order valence-corrected chi connectivity index (χ0v) is 33.6. The van der Waals surface area contributed by atoms with E-state index in [1.165, 1.54) is 25.3 Å². The Hall–Kier alpha value is -5.29. The van der Waals surface area contributed by atoms with Gasteiger partial charge in [0.25, 0.3) is 17.7 Å². The minimum Gasteiger partial charge on any atom is -0.494 e. The Kier molecular flexibility index (Phi) is 13.7. The summed E-state index contributed by atoms with van der Waals surface area (Å²) in [6, 6.07) is 18.8. The average molecular weight is 877 g/mol. The maximum absolute atomic E-state index is 13.4. The van der Waals surface area contributed by atoms with E-state index in [-0.39, 0.29) is 19.0 Å². The van der Waals surface area contributed by atoms with Gasteiger partial charge in [0.05, 0.1) is 38.5 Å². The SMILES string of the molecule is COc1ccc(CNC(=O)C(=O)[C@@H]2CCCN2C(=O)CNC(=O)c2ccnc3ccc(OCCCN4CCN(C(=O)c5ccc(I)cc5)CC4)cc23)cc1OC. The Morgan fingerprint density at radius 3 is 2.38 bits per heavy atom. The molecule has 2 aliphatic heterocycles. The van der Waals surface area contributed by atoms with E-state index in [1.807, 2.05) is 35.2 Å². The van der Waals surface area contributed by atoms with E-state index < -0.39 is 29.5 Å². The average Bonchev–Trinajstić information content (AvgIpc) is 3.73. The number of amides is 4. The molecule has 3 heterocycles. The van der Waals surface area contributed by atoms with Crippen LogP contribution in [0.4, 0.5) is 0 Å². The Balaban J connectivity index is 0.961. The van der Waals surface area contributed by atoms with Crippen LogP contribution in [0.25, 0.3) is 10.9 Å². The quantitative estimate of drug-likeness (QED) is 0.103. The minimum absolute atomic E-state index is 0.0626. The van der Waals surface area contributed by atoms with Crippen LogP contribution in [-0.2, 0) is 20.9 Å². The zero-order valence-electron chi connectivity index (χ0n) is 31.4. The number of nitrogens with zero attached hydrogens (tertiary/aromatic N) is 4. The smallest absolute Gasteiger partial charge is 0.289 e. The van der Waals surface area contributed by atoms with E-state index in [1.54, 1.807) is 36.4 Å². The minimum atomic E-state index is -0.913. The van der Waals surface area contributed by atoms with Gasteiger partial charge in [-0.25, -0.2) is 0 Å². The van der Waals surface area contributed by atoms with Crippen molar-refractivity contribution in [1.29, 1.82) is 0 Å². The van der Waals surface area contributed by atoms with E-state index in [0.29, 0.717) is 83.9 Å². The van der Waals surface area contributed by atoms with Crippen LogP contribution >= 0.6 is 22.6 Å². The molecular weight excluding hydrogens is 831 g/mol. The molecule has 294 valence electrons. The second-order valence-corrected chi connectivity index (χ2v) is 14.8. The first kappa shape index (κ1) is 40.4. The van der Waals surface area contributed by atoms with Crippen molar-refractivity contribution < 1.29 is 38.2 Å². The summed E-state index contributed by atoms with van der Waals surface area (Å²) in [6.07, 6.45) is 3.23. The number of carbonyl (C=O) groups is 5. The third kappa shape index (κ3) is 9.92. The van der Waals surface area contributed by atoms with Crippen molar-refractivity contribution >= 4 is 62.9 Å². The van der Waals surface area contributed by atoms with Crippen molar-refractivity contribution in [2.45, 2.75) is 31.8 Å². The van der Waals surface area contributed by atoms with Crippen molar-refractivity contribution in [2.75, 3.05) is 66.6 Å². The fourth-order valence-electron chi connectivity index (χ4n) is 6.94. The highest BCUT2D eigenvalue weighted by atomic mass is 127. The van der Waals surface area contributed by atoms with Gasteiger partial charge in [0.15, 0.2) is 11.5 Å². The predicted molar refractivity (Wildman–Crippen MR) is 217 cm³/mol. The fraction of sp³-hybridized carbons (Fsp3) is 0.366. The van der Waals surface area contributed by atoms with Crippen LogP contribution in [0.2, 0.25) is 0 Å². The molecule has 3 aromatic carbocycles. The van der Waals surface area contributed by atoms with Crippen molar-refractivity contribution in [2.24, 2.45) is 0 Å². The van der Waals surface area contributed by atoms with Crippen LogP contribution in [0.15, 0.2) is 72.9 Å². The summed E-state index contributed by atoms with van der Waals surface area (Å²) in [5, 5.41) is 5.90. The molecule has 2 aliphatic rings. The van der Waals surface area contributed by atoms with Gasteiger partial charge in [-0.15, -0.1) is 0 Å². The second kappa shape index (κ2) is 19.0. The van der Waals surface area contributed by atoms with E-state index in [9.17, 15) is 24.0 Å². The maximum Gasteiger partial charge on any atom is 0.289 e. The predicted octanol–water partition coefficient (Wildman–Crippen LogP) is 3.69. The van der Waals surface area contributed by atoms with Gasteiger partial charge >= 0.3 is 0 Å². The first-order valence-electron chi connectivity index (χ1n) is 18.5. The number of fused-ring (bicyclic) bond motifs is 1. The van der Waals surface area contributed by atoms with Gasteiger partial charge < -0.3 is 34.6 Å². The summed E-state index contributed by atoms with van der Waals surface area (Å²) in [5.41, 5.74) is 2.35. The monoisotopic (exact) mass is 876 g/mol. The summed E-state index contributed by atoms with van der Waals surface area (Å²) >= 11 is 2.23. The highest BCUT2D eigenvalue weighted by Gasteiger charge is 2.37. The number of methoxy groups -OCH3 is 2. The summed E-state index contributed by atoms with van der Waals surface area (Å²) in [7, 11) is 3.03. The summed E-state index contributed by atoms with van der Waals surface area (Å²) in [6.45, 7) is 4.29. The van der Waals surface area contributed by atoms with Gasteiger partial charge in [-0.1, -0.05) is 6.07 Å². The number of rotatable bonds is 15. The topological polar surface area (TPSA) is 160 Å². The second-order valence-electron chi connectivity index (χ2n) is 13.5. The molecule has 14 nitrogen and oxygen atoms in total. The molecule has 0 aliphatic carbocycles. The number of piperazine rings is 1. The van der Waals surface area contributed by atoms with E-state index in [4.69, 9.17) is 14.2 Å². The number of aromatic nitrogens is 1. The number of carbonyl (C=O) groups excluding carboxylic acids is 5. The van der Waals surface area contributed by atoms with Crippen LogP contribution in [-0.4, -0.2) is 122 Å². The molecule has 0 unspecified atom stereocenters. The molecule has 0 spiro atoms. The molecule has 0 radical (unpaired) electrons. The lowest BCUT2D eigenvalue weighted by atomic mass is 10.1. The van der Waals surface area contributed by atoms with Crippen molar-refractivity contribution in [3.8, 4) is 17.2 Å². The van der Waals surface area contributed by atoms with Gasteiger partial charge in [0.1, 0.15) is 11.8 Å². The third-order valence-electron chi connectivity index (χ3n) is 10.00. The standard InChI is InChI=1S/C41H45IN6O8/c1-54-35-13-6-27(23-36(35)55-2)25-44-40(52)38(50)34-5-3-17-48(34)37(49)26-45-39(51)31-14-15-43-33-12-11-30(24-32(31)33)56-22-4-16-46-18-20-47(21-19-46)41(53)28-7-9-29(42)10-8-28/h6-15,23-24,34H,3-5,16-22,25-26H2,1-2H3,(H,44,52)(H,45,51)/t34-/m0/s1. The largest absolute Gasteiger partial charge is 0.494 e. The molecule has 1 atom stereocenters. The number of hydrogen-bond acceptors (Lipinski definition) is 10. The normalized spacial score (nSPS) is 15.7. The van der Waals surface area contributed by atoms with Crippen molar-refractivity contribution in [3.63, 3.8) is 0 Å². The Morgan fingerprint density at radius 2 is 1.62 bits per heavy atom. The highest BCUT2D eigenvalue weighted by Crippen LogP contribution is 2.28. The van der Waals surface area contributed by atoms with E-state index in [2.05, 4.69) is 43.1 Å². The number of hydrogen-bond donors (Lipinski definition) is 2. The van der Waals surface area contributed by atoms with Crippen LogP contribution < -0.4 is 24.8 Å². The third-order valence-corrected chi connectivity index (χ3v) is 10.7. The Labute approximate surface area is 339 Å². The number of ether oxygens (including phenoxy) is 3. The Morgan fingerprint density at radius 1 is 0.857 bits per heavy atom. The molecule has 0 saturated carbocycles. The zero-order chi connectivity index (χ0) is 39.6. The summed E-state index contributed by atoms with van der Waals surface area (Å²) in [4.78, 5) is 75.5. The highest BCUT2D eigenvalue weighted by molar-refractivity contribution is 14.1. The number of nitrogens with one attached hydrogen (secondary N) is 2. The lowest BCUT2D eigenvalue weighted by Crippen LogP contribution is -2.49. The Bertz CT molecular complexity index is 2070. The van der Waals surface area contributed by atoms with Gasteiger partial charge in [-0.2, -0.15) is 0 Å². The van der Waals surface area contributed by atoms with Crippen LogP contribution in [0, 0.1) is 3.57 Å². The summed E-state index contributed by atoms with van der Waals surface area (Å²) < 4.78 is 17.7. The maximum atomic E-state index is 13.4. The van der Waals surface area contributed by atoms with Crippen molar-refractivity contribution in [3.05, 3.63) is 93.2 Å². The van der Waals surface area contributed by atoms with Crippen LogP contribution in [0.3, 0.4) is 0 Å². The molecule has 6 rings (SSSR count). The molecular formula is C41H45IN6O8. The number of ketones is 1. The van der Waals surface area contributed by atoms with Gasteiger partial charge in [0.2, 0.25) is 11.7 Å². The number of likely N-dealkylation sites (tertiary alicyclic amines) is 1. The number of benzene rings is 3. The molecule has 4 aromatic rings. The molecule has 2 N–H and O–H groups in total. The molecule has 15 heteroatoms. The van der Waals surface area contributed by atoms with Crippen molar-refractivity contribution in [1.82, 2.24) is 30.3 Å². The lowest BCUT2D eigenvalue weighted by molar-refractivity contribution is -0.144. The number of pyridine rings is 1. The molecule has 2 saturated heterocycles. The summed E-state index contributed by atoms with van der Waals surface area (Å²) in [5.74, 6) is -0.737. The van der Waals surface area contributed by atoms with E-state index >= 15 is 0 Å². The molecule has 2 fully saturated rings. The van der Waals surface area contributed by atoms with E-state index in [0.717, 1.165) is 29.6 Å².